The summed E-state index contributed by atoms with van der Waals surface area (Å²) < 4.78 is 21.1. The summed E-state index contributed by atoms with van der Waals surface area (Å²) in [6.45, 7) is 6.24. The summed E-state index contributed by atoms with van der Waals surface area (Å²) in [7, 11) is 5.43. The number of hydrogen-bond acceptors (Lipinski definition) is 9. The van der Waals surface area contributed by atoms with Gasteiger partial charge in [0, 0.05) is 53.5 Å². The zero-order chi connectivity index (χ0) is 29.5. The molecule has 1 N–H and O–H groups in total. The Balaban J connectivity index is 1.06. The van der Waals surface area contributed by atoms with E-state index in [9.17, 15) is 4.79 Å². The maximum Gasteiger partial charge on any atom is 0.254 e. The van der Waals surface area contributed by atoms with Gasteiger partial charge in [-0.2, -0.15) is 0 Å². The van der Waals surface area contributed by atoms with Gasteiger partial charge in [0.05, 0.1) is 20.3 Å². The van der Waals surface area contributed by atoms with Crippen LogP contribution in [-0.4, -0.2) is 80.4 Å². The number of benzene rings is 2. The number of amides is 1. The van der Waals surface area contributed by atoms with Gasteiger partial charge in [-0.1, -0.05) is 18.1 Å². The SMILES string of the molecule is COc1cc(C(=O)N2CCCN(C)C3C2[C@@H]3C)cc(OC)c1SNc1noc2c1CC1(CC1)c1ccc(N3CCC3)cc1-2. The first kappa shape index (κ1) is 27.2. The molecule has 1 amide bonds. The quantitative estimate of drug-likeness (QED) is 0.356. The lowest BCUT2D eigenvalue weighted by Crippen LogP contribution is -2.37. The van der Waals surface area contributed by atoms with Crippen LogP contribution in [0.25, 0.3) is 11.3 Å². The van der Waals surface area contributed by atoms with Crippen molar-refractivity contribution < 1.29 is 18.8 Å². The van der Waals surface area contributed by atoms with E-state index in [0.717, 1.165) is 61.1 Å². The maximum atomic E-state index is 13.8. The number of hydrogen-bond donors (Lipinski definition) is 1. The molecule has 3 aromatic rings. The highest BCUT2D eigenvalue weighted by molar-refractivity contribution is 8.00. The number of carbonyl (C=O) groups is 1. The Morgan fingerprint density at radius 1 is 1.05 bits per heavy atom. The molecule has 3 aliphatic carbocycles. The third kappa shape index (κ3) is 4.31. The van der Waals surface area contributed by atoms with Crippen LogP contribution in [0.5, 0.6) is 11.5 Å². The highest BCUT2D eigenvalue weighted by atomic mass is 32.2. The van der Waals surface area contributed by atoms with Crippen LogP contribution >= 0.6 is 11.9 Å². The number of aromatic nitrogens is 1. The molecule has 8 rings (SSSR count). The fourth-order valence-electron chi connectivity index (χ4n) is 7.70. The molecule has 5 aliphatic rings. The largest absolute Gasteiger partial charge is 0.495 e. The van der Waals surface area contributed by atoms with E-state index in [1.54, 1.807) is 14.2 Å². The lowest BCUT2D eigenvalue weighted by Gasteiger charge is -2.34. The van der Waals surface area contributed by atoms with Gasteiger partial charge in [-0.15, -0.1) is 0 Å². The molecule has 0 bridgehead atoms. The first-order chi connectivity index (χ1) is 20.9. The van der Waals surface area contributed by atoms with Crippen molar-refractivity contribution in [1.29, 1.82) is 0 Å². The first-order valence-corrected chi connectivity index (χ1v) is 16.3. The van der Waals surface area contributed by atoms with E-state index in [2.05, 4.69) is 56.7 Å². The van der Waals surface area contributed by atoms with Gasteiger partial charge >= 0.3 is 0 Å². The van der Waals surface area contributed by atoms with Crippen molar-refractivity contribution in [3.05, 3.63) is 47.0 Å². The van der Waals surface area contributed by atoms with E-state index < -0.39 is 0 Å². The average molecular weight is 602 g/mol. The fourth-order valence-corrected chi connectivity index (χ4v) is 8.54. The molecule has 1 aromatic heterocycles. The van der Waals surface area contributed by atoms with E-state index in [-0.39, 0.29) is 17.4 Å². The van der Waals surface area contributed by atoms with Crippen LogP contribution in [-0.2, 0) is 11.8 Å². The highest BCUT2D eigenvalue weighted by Crippen LogP contribution is 2.59. The van der Waals surface area contributed by atoms with Crippen molar-refractivity contribution >= 4 is 29.4 Å². The van der Waals surface area contributed by atoms with Crippen LogP contribution in [0.2, 0.25) is 0 Å². The molecule has 2 unspecified atom stereocenters. The van der Waals surface area contributed by atoms with Crippen molar-refractivity contribution in [2.45, 2.75) is 61.4 Å². The molecule has 10 heteroatoms. The predicted molar refractivity (Wildman–Crippen MR) is 167 cm³/mol. The fraction of sp³-hybridized carbons (Fsp3) is 0.515. The third-order valence-electron chi connectivity index (χ3n) is 10.5. The Morgan fingerprint density at radius 3 is 2.47 bits per heavy atom. The Labute approximate surface area is 257 Å². The number of methoxy groups -OCH3 is 2. The van der Waals surface area contributed by atoms with E-state index >= 15 is 0 Å². The zero-order valence-corrected chi connectivity index (χ0v) is 26.1. The summed E-state index contributed by atoms with van der Waals surface area (Å²) in [6.07, 6.45) is 5.51. The number of carbonyl (C=O) groups excluding carboxylic acids is 1. The molecule has 9 nitrogen and oxygen atoms in total. The summed E-state index contributed by atoms with van der Waals surface area (Å²) in [6, 6.07) is 11.3. The van der Waals surface area contributed by atoms with Crippen LogP contribution < -0.4 is 19.1 Å². The van der Waals surface area contributed by atoms with E-state index in [4.69, 9.17) is 14.0 Å². The van der Waals surface area contributed by atoms with Crippen molar-refractivity contribution in [3.8, 4) is 22.8 Å². The molecule has 226 valence electrons. The molecule has 4 fully saturated rings. The highest BCUT2D eigenvalue weighted by Gasteiger charge is 2.55. The van der Waals surface area contributed by atoms with Crippen LogP contribution in [0.3, 0.4) is 0 Å². The van der Waals surface area contributed by atoms with Crippen molar-refractivity contribution in [2.75, 3.05) is 57.1 Å². The van der Waals surface area contributed by atoms with Crippen LogP contribution in [0.15, 0.2) is 39.8 Å². The second-order valence-corrected chi connectivity index (χ2v) is 13.8. The molecule has 3 heterocycles. The van der Waals surface area contributed by atoms with Crippen LogP contribution in [0, 0.1) is 5.92 Å². The summed E-state index contributed by atoms with van der Waals surface area (Å²) in [4.78, 5) is 21.4. The molecule has 2 aromatic carbocycles. The van der Waals surface area contributed by atoms with Gasteiger partial charge < -0.3 is 33.4 Å². The van der Waals surface area contributed by atoms with Crippen molar-refractivity contribution in [1.82, 2.24) is 15.0 Å². The lowest BCUT2D eigenvalue weighted by molar-refractivity contribution is 0.0736. The second kappa shape index (κ2) is 10.1. The summed E-state index contributed by atoms with van der Waals surface area (Å²) in [5, 5.41) is 4.50. The summed E-state index contributed by atoms with van der Waals surface area (Å²) in [5.74, 6) is 3.30. The van der Waals surface area contributed by atoms with E-state index in [1.807, 2.05) is 12.1 Å². The number of rotatable bonds is 7. The number of likely N-dealkylation sites (N-methyl/N-ethyl adjacent to an activating group) is 1. The van der Waals surface area contributed by atoms with Gasteiger partial charge in [-0.3, -0.25) is 4.79 Å². The molecular weight excluding hydrogens is 562 g/mol. The lowest BCUT2D eigenvalue weighted by atomic mass is 9.79. The van der Waals surface area contributed by atoms with Gasteiger partial charge in [-0.25, -0.2) is 0 Å². The number of nitrogens with one attached hydrogen (secondary N) is 1. The molecule has 0 radical (unpaired) electrons. The predicted octanol–water partition coefficient (Wildman–Crippen LogP) is 5.44. The number of ether oxygens (including phenoxy) is 2. The van der Waals surface area contributed by atoms with Gasteiger partial charge in [-0.05, 0) is 93.4 Å². The summed E-state index contributed by atoms with van der Waals surface area (Å²) >= 11 is 1.38. The monoisotopic (exact) mass is 601 g/mol. The molecule has 2 saturated carbocycles. The summed E-state index contributed by atoms with van der Waals surface area (Å²) in [5.41, 5.74) is 5.73. The Morgan fingerprint density at radius 2 is 1.79 bits per heavy atom. The minimum absolute atomic E-state index is 0.0346. The van der Waals surface area contributed by atoms with Gasteiger partial charge in [0.25, 0.3) is 5.91 Å². The average Bonchev–Trinajstić information content (AvgIpc) is 3.87. The van der Waals surface area contributed by atoms with Crippen LogP contribution in [0.1, 0.15) is 54.1 Å². The van der Waals surface area contributed by atoms with Crippen molar-refractivity contribution in [2.24, 2.45) is 5.92 Å². The third-order valence-corrected chi connectivity index (χ3v) is 11.4. The minimum Gasteiger partial charge on any atom is -0.495 e. The standard InChI is InChI=1S/C33H39N5O4S/c1-19-27-28(19)38(14-5-11-36(27)2)32(39)20-15-25(40-3)30(26(16-20)41-4)43-35-31-23-18-33(9-10-33)24-8-7-21(37-12-6-13-37)17-22(24)29(23)42-34-31/h7-8,15-17,19,27-28H,5-6,9-14,18H2,1-4H3,(H,34,35)/t19-,27?,28?/m1/s1. The molecular formula is C33H39N5O4S. The maximum absolute atomic E-state index is 13.8. The van der Waals surface area contributed by atoms with Gasteiger partial charge in [0.1, 0.15) is 16.4 Å². The molecule has 2 aliphatic heterocycles. The van der Waals surface area contributed by atoms with Gasteiger partial charge in [0.15, 0.2) is 11.6 Å². The Hall–Kier alpha value is -3.37. The topological polar surface area (TPSA) is 83.3 Å². The van der Waals surface area contributed by atoms with Gasteiger partial charge in [0.2, 0.25) is 0 Å². The molecule has 3 atom stereocenters. The van der Waals surface area contributed by atoms with Crippen LogP contribution in [0.4, 0.5) is 11.5 Å². The normalized spacial score (nSPS) is 24.8. The zero-order valence-electron chi connectivity index (χ0n) is 25.3. The van der Waals surface area contributed by atoms with E-state index in [0.29, 0.717) is 29.0 Å². The molecule has 43 heavy (non-hydrogen) atoms. The number of nitrogens with zero attached hydrogens (tertiary/aromatic N) is 4. The second-order valence-electron chi connectivity index (χ2n) is 13.0. The van der Waals surface area contributed by atoms with E-state index in [1.165, 1.54) is 48.0 Å². The Kier molecular flexibility index (Phi) is 6.38. The smallest absolute Gasteiger partial charge is 0.254 e. The van der Waals surface area contributed by atoms with Crippen molar-refractivity contribution in [3.63, 3.8) is 0 Å². The molecule has 1 spiro atoms. The minimum atomic E-state index is 0.0346. The first-order valence-electron chi connectivity index (χ1n) is 15.5. The molecule has 2 saturated heterocycles. The number of anilines is 2. The number of fused-ring (bicyclic) bond motifs is 5. The Bertz CT molecular complexity index is 1570.